The van der Waals surface area contributed by atoms with Crippen molar-refractivity contribution in [1.29, 1.82) is 0 Å². The van der Waals surface area contributed by atoms with E-state index < -0.39 is 0 Å². The zero-order valence-electron chi connectivity index (χ0n) is 13.9. The van der Waals surface area contributed by atoms with Crippen molar-refractivity contribution >= 4 is 17.4 Å². The molecule has 2 heterocycles. The van der Waals surface area contributed by atoms with Crippen LogP contribution in [0.25, 0.3) is 0 Å². The van der Waals surface area contributed by atoms with E-state index in [0.717, 1.165) is 18.5 Å². The minimum absolute atomic E-state index is 0.120. The number of anilines is 2. The molecule has 1 fully saturated rings. The SMILES string of the molecule is C[C@@H]1CN(c2ccc(C3CC(O)C3)cc2)C(=O)c2c(N)ncnc2O1. The average molecular weight is 340 g/mol. The number of aromatic nitrogens is 2. The van der Waals surface area contributed by atoms with E-state index in [9.17, 15) is 9.90 Å². The smallest absolute Gasteiger partial charge is 0.267 e. The summed E-state index contributed by atoms with van der Waals surface area (Å²) in [6, 6.07) is 7.88. The Morgan fingerprint density at radius 3 is 2.64 bits per heavy atom. The zero-order chi connectivity index (χ0) is 17.6. The standard InChI is InChI=1S/C18H20N4O3/c1-10-8-22(18(24)15-16(19)20-9-21-17(15)25-10)13-4-2-11(3-5-13)12-6-14(23)7-12/h2-5,9-10,12,14,23H,6-8H2,1H3,(H2,19,20,21)/t10-,12?,14?/m1/s1. The molecule has 0 radical (unpaired) electrons. The predicted octanol–water partition coefficient (Wildman–Crippen LogP) is 1.72. The zero-order valence-corrected chi connectivity index (χ0v) is 13.9. The summed E-state index contributed by atoms with van der Waals surface area (Å²) in [7, 11) is 0. The molecule has 2 aromatic rings. The Bertz CT molecular complexity index is 802. The summed E-state index contributed by atoms with van der Waals surface area (Å²) in [6.07, 6.45) is 2.49. The van der Waals surface area contributed by atoms with Gasteiger partial charge < -0.3 is 20.5 Å². The molecule has 1 aromatic carbocycles. The highest BCUT2D eigenvalue weighted by Crippen LogP contribution is 2.37. The van der Waals surface area contributed by atoms with Crippen molar-refractivity contribution in [1.82, 2.24) is 9.97 Å². The van der Waals surface area contributed by atoms with Crippen LogP contribution >= 0.6 is 0 Å². The van der Waals surface area contributed by atoms with Gasteiger partial charge in [0.05, 0.1) is 12.6 Å². The molecular weight excluding hydrogens is 320 g/mol. The van der Waals surface area contributed by atoms with Crippen LogP contribution in [0.3, 0.4) is 0 Å². The van der Waals surface area contributed by atoms with Crippen LogP contribution in [-0.2, 0) is 0 Å². The Morgan fingerprint density at radius 1 is 1.24 bits per heavy atom. The molecule has 7 heteroatoms. The number of carbonyl (C=O) groups excluding carboxylic acids is 1. The molecule has 1 aromatic heterocycles. The second-order valence-electron chi connectivity index (χ2n) is 6.70. The number of nitrogen functional groups attached to an aromatic ring is 1. The van der Waals surface area contributed by atoms with Gasteiger partial charge in [0.2, 0.25) is 5.88 Å². The van der Waals surface area contributed by atoms with Gasteiger partial charge in [0.15, 0.2) is 0 Å². The summed E-state index contributed by atoms with van der Waals surface area (Å²) in [4.78, 5) is 22.6. The molecule has 1 amide bonds. The Morgan fingerprint density at radius 2 is 1.96 bits per heavy atom. The van der Waals surface area contributed by atoms with E-state index in [4.69, 9.17) is 10.5 Å². The summed E-state index contributed by atoms with van der Waals surface area (Å²) in [5.74, 6) is 0.488. The first-order valence-corrected chi connectivity index (χ1v) is 8.40. The molecule has 1 aliphatic carbocycles. The molecule has 130 valence electrons. The minimum Gasteiger partial charge on any atom is -0.472 e. The maximum absolute atomic E-state index is 13.0. The molecule has 4 rings (SSSR count). The molecule has 1 saturated carbocycles. The fourth-order valence-corrected chi connectivity index (χ4v) is 3.38. The van der Waals surface area contributed by atoms with Crippen molar-refractivity contribution in [3.05, 3.63) is 41.7 Å². The molecule has 0 spiro atoms. The fraction of sp³-hybridized carbons (Fsp3) is 0.389. The number of aliphatic hydroxyl groups excluding tert-OH is 1. The Balaban J connectivity index is 1.65. The quantitative estimate of drug-likeness (QED) is 0.863. The molecule has 7 nitrogen and oxygen atoms in total. The third kappa shape index (κ3) is 2.80. The number of nitrogens with zero attached hydrogens (tertiary/aromatic N) is 3. The summed E-state index contributed by atoms with van der Waals surface area (Å²) >= 11 is 0. The summed E-state index contributed by atoms with van der Waals surface area (Å²) in [6.45, 7) is 2.29. The first kappa shape index (κ1) is 15.8. The van der Waals surface area contributed by atoms with Crippen LogP contribution in [-0.4, -0.2) is 39.7 Å². The molecule has 1 aliphatic heterocycles. The normalized spacial score (nSPS) is 25.6. The summed E-state index contributed by atoms with van der Waals surface area (Å²) in [5, 5.41) is 9.46. The maximum atomic E-state index is 13.0. The van der Waals surface area contributed by atoms with Crippen LogP contribution in [0.5, 0.6) is 5.88 Å². The lowest BCUT2D eigenvalue weighted by Gasteiger charge is -2.32. The fourth-order valence-electron chi connectivity index (χ4n) is 3.38. The molecule has 0 saturated heterocycles. The van der Waals surface area contributed by atoms with Gasteiger partial charge in [0.25, 0.3) is 5.91 Å². The van der Waals surface area contributed by atoms with Crippen molar-refractivity contribution in [3.8, 4) is 5.88 Å². The first-order chi connectivity index (χ1) is 12.0. The number of nitrogens with two attached hydrogens (primary N) is 1. The number of carbonyl (C=O) groups is 1. The minimum atomic E-state index is -0.260. The number of amides is 1. The molecule has 1 atom stereocenters. The molecule has 2 aliphatic rings. The van der Waals surface area contributed by atoms with Gasteiger partial charge in [-0.05, 0) is 43.4 Å². The van der Waals surface area contributed by atoms with Crippen molar-refractivity contribution in [3.63, 3.8) is 0 Å². The van der Waals surface area contributed by atoms with Gasteiger partial charge in [0, 0.05) is 5.69 Å². The van der Waals surface area contributed by atoms with Crippen LogP contribution in [0.4, 0.5) is 11.5 Å². The van der Waals surface area contributed by atoms with E-state index in [1.807, 2.05) is 31.2 Å². The molecule has 25 heavy (non-hydrogen) atoms. The number of aliphatic hydroxyl groups is 1. The average Bonchev–Trinajstić information content (AvgIpc) is 2.69. The molecular formula is C18H20N4O3. The van der Waals surface area contributed by atoms with Crippen LogP contribution in [0.2, 0.25) is 0 Å². The van der Waals surface area contributed by atoms with E-state index in [0.29, 0.717) is 12.5 Å². The Kier molecular flexibility index (Phi) is 3.80. The number of ether oxygens (including phenoxy) is 1. The Hall–Kier alpha value is -2.67. The van der Waals surface area contributed by atoms with Crippen LogP contribution < -0.4 is 15.4 Å². The molecule has 0 unspecified atom stereocenters. The lowest BCUT2D eigenvalue weighted by Crippen LogP contribution is -2.36. The number of fused-ring (bicyclic) bond motifs is 1. The van der Waals surface area contributed by atoms with Crippen molar-refractivity contribution < 1.29 is 14.6 Å². The lowest BCUT2D eigenvalue weighted by molar-refractivity contribution is 0.0746. The van der Waals surface area contributed by atoms with E-state index >= 15 is 0 Å². The largest absolute Gasteiger partial charge is 0.472 e. The van der Waals surface area contributed by atoms with Gasteiger partial charge in [-0.2, -0.15) is 0 Å². The van der Waals surface area contributed by atoms with Gasteiger partial charge in [0.1, 0.15) is 23.8 Å². The number of rotatable bonds is 2. The van der Waals surface area contributed by atoms with Gasteiger partial charge in [-0.15, -0.1) is 0 Å². The van der Waals surface area contributed by atoms with E-state index in [2.05, 4.69) is 9.97 Å². The third-order valence-corrected chi connectivity index (χ3v) is 4.84. The van der Waals surface area contributed by atoms with Gasteiger partial charge in [-0.3, -0.25) is 4.79 Å². The highest BCUT2D eigenvalue weighted by atomic mass is 16.5. The van der Waals surface area contributed by atoms with Crippen molar-refractivity contribution in [2.75, 3.05) is 17.2 Å². The molecule has 3 N–H and O–H groups in total. The van der Waals surface area contributed by atoms with Gasteiger partial charge in [-0.1, -0.05) is 12.1 Å². The predicted molar refractivity (Wildman–Crippen MR) is 92.6 cm³/mol. The summed E-state index contributed by atoms with van der Waals surface area (Å²) < 4.78 is 5.74. The Labute approximate surface area is 145 Å². The number of benzene rings is 1. The van der Waals surface area contributed by atoms with Crippen molar-refractivity contribution in [2.45, 2.75) is 37.9 Å². The highest BCUT2D eigenvalue weighted by molar-refractivity contribution is 6.10. The van der Waals surface area contributed by atoms with Crippen LogP contribution in [0.1, 0.15) is 41.6 Å². The number of hydrogen-bond donors (Lipinski definition) is 2. The van der Waals surface area contributed by atoms with Gasteiger partial charge in [-0.25, -0.2) is 9.97 Å². The lowest BCUT2D eigenvalue weighted by atomic mass is 9.78. The monoisotopic (exact) mass is 340 g/mol. The van der Waals surface area contributed by atoms with Crippen LogP contribution in [0.15, 0.2) is 30.6 Å². The summed E-state index contributed by atoms with van der Waals surface area (Å²) in [5.41, 5.74) is 8.06. The van der Waals surface area contributed by atoms with Gasteiger partial charge >= 0.3 is 0 Å². The van der Waals surface area contributed by atoms with E-state index in [-0.39, 0.29) is 35.4 Å². The van der Waals surface area contributed by atoms with E-state index in [1.54, 1.807) is 4.90 Å². The number of hydrogen-bond acceptors (Lipinski definition) is 6. The topological polar surface area (TPSA) is 102 Å². The van der Waals surface area contributed by atoms with E-state index in [1.165, 1.54) is 11.9 Å². The second kappa shape index (κ2) is 6.00. The van der Waals surface area contributed by atoms with Crippen LogP contribution in [0, 0.1) is 0 Å². The second-order valence-corrected chi connectivity index (χ2v) is 6.70. The molecule has 0 bridgehead atoms. The third-order valence-electron chi connectivity index (χ3n) is 4.84. The first-order valence-electron chi connectivity index (χ1n) is 8.40. The maximum Gasteiger partial charge on any atom is 0.267 e. The highest BCUT2D eigenvalue weighted by Gasteiger charge is 2.32. The van der Waals surface area contributed by atoms with Crippen molar-refractivity contribution in [2.24, 2.45) is 0 Å².